The van der Waals surface area contributed by atoms with E-state index in [2.05, 4.69) is 4.74 Å². The van der Waals surface area contributed by atoms with Gasteiger partial charge in [0.25, 0.3) is 5.91 Å². The molecule has 0 rings (SSSR count). The van der Waals surface area contributed by atoms with Gasteiger partial charge in [0, 0.05) is 0 Å². The van der Waals surface area contributed by atoms with Crippen LogP contribution in [0.4, 0.5) is 4.79 Å². The van der Waals surface area contributed by atoms with E-state index in [-0.39, 0.29) is 5.92 Å². The Kier molecular flexibility index (Phi) is 3.71. The summed E-state index contributed by atoms with van der Waals surface area (Å²) in [5.74, 6) is -0.489. The SMILES string of the molecule is CC(C)CC(C)(OC(N)=O)C(N)=O. The zero-order valence-corrected chi connectivity index (χ0v) is 8.16. The van der Waals surface area contributed by atoms with Crippen molar-refractivity contribution in [1.29, 1.82) is 0 Å². The van der Waals surface area contributed by atoms with Gasteiger partial charge >= 0.3 is 6.09 Å². The van der Waals surface area contributed by atoms with E-state index in [9.17, 15) is 9.59 Å². The molecule has 0 saturated heterocycles. The van der Waals surface area contributed by atoms with Gasteiger partial charge in [0.2, 0.25) is 0 Å². The fraction of sp³-hybridized carbons (Fsp3) is 0.750. The Bertz CT molecular complexity index is 215. The summed E-state index contributed by atoms with van der Waals surface area (Å²) >= 11 is 0. The average Bonchev–Trinajstić information content (AvgIpc) is 1.82. The fourth-order valence-corrected chi connectivity index (χ4v) is 1.19. The van der Waals surface area contributed by atoms with E-state index in [0.717, 1.165) is 0 Å². The van der Waals surface area contributed by atoms with E-state index in [4.69, 9.17) is 11.5 Å². The number of primary amides is 2. The van der Waals surface area contributed by atoms with Gasteiger partial charge in [0.05, 0.1) is 0 Å². The summed E-state index contributed by atoms with van der Waals surface area (Å²) in [7, 11) is 0. The number of ether oxygens (including phenoxy) is 1. The molecule has 0 aromatic rings. The maximum Gasteiger partial charge on any atom is 0.405 e. The van der Waals surface area contributed by atoms with Gasteiger partial charge in [-0.1, -0.05) is 13.8 Å². The Balaban J connectivity index is 4.52. The van der Waals surface area contributed by atoms with E-state index < -0.39 is 17.6 Å². The van der Waals surface area contributed by atoms with Crippen LogP contribution < -0.4 is 11.5 Å². The lowest BCUT2D eigenvalue weighted by Crippen LogP contribution is -2.47. The quantitative estimate of drug-likeness (QED) is 0.667. The lowest BCUT2D eigenvalue weighted by molar-refractivity contribution is -0.136. The molecular formula is C8H16N2O3. The highest BCUT2D eigenvalue weighted by atomic mass is 16.6. The Morgan fingerprint density at radius 1 is 1.38 bits per heavy atom. The Hall–Kier alpha value is -1.26. The van der Waals surface area contributed by atoms with Crippen molar-refractivity contribution in [1.82, 2.24) is 0 Å². The predicted octanol–water partition coefficient (Wildman–Crippen LogP) is 0.372. The summed E-state index contributed by atoms with van der Waals surface area (Å²) in [5, 5.41) is 0. The van der Waals surface area contributed by atoms with Crippen LogP contribution in [-0.4, -0.2) is 17.6 Å². The minimum absolute atomic E-state index is 0.192. The summed E-state index contributed by atoms with van der Waals surface area (Å²) in [4.78, 5) is 21.5. The molecule has 0 radical (unpaired) electrons. The number of hydrogen-bond donors (Lipinski definition) is 2. The molecule has 0 aliphatic rings. The number of carbonyl (C=O) groups excluding carboxylic acids is 2. The molecule has 0 aromatic heterocycles. The first-order chi connectivity index (χ1) is 5.78. The van der Waals surface area contributed by atoms with Gasteiger partial charge in [-0.25, -0.2) is 4.79 Å². The number of nitrogens with two attached hydrogens (primary N) is 2. The van der Waals surface area contributed by atoms with Crippen LogP contribution in [0.3, 0.4) is 0 Å². The van der Waals surface area contributed by atoms with Crippen LogP contribution in [-0.2, 0) is 9.53 Å². The zero-order valence-electron chi connectivity index (χ0n) is 8.16. The smallest absolute Gasteiger partial charge is 0.405 e. The van der Waals surface area contributed by atoms with E-state index >= 15 is 0 Å². The van der Waals surface area contributed by atoms with Gasteiger partial charge in [0.1, 0.15) is 0 Å². The van der Waals surface area contributed by atoms with Crippen LogP contribution in [0, 0.1) is 5.92 Å². The van der Waals surface area contributed by atoms with Crippen LogP contribution in [0.25, 0.3) is 0 Å². The highest BCUT2D eigenvalue weighted by Gasteiger charge is 2.35. The molecule has 0 spiro atoms. The van der Waals surface area contributed by atoms with Crippen molar-refractivity contribution in [2.45, 2.75) is 32.8 Å². The van der Waals surface area contributed by atoms with Crippen molar-refractivity contribution in [3.8, 4) is 0 Å². The molecule has 0 saturated carbocycles. The molecule has 0 aliphatic heterocycles. The standard InChI is InChI=1S/C8H16N2O3/c1-5(2)4-8(3,6(9)11)13-7(10)12/h5H,4H2,1-3H3,(H2,9,11)(H2,10,12). The number of hydrogen-bond acceptors (Lipinski definition) is 3. The highest BCUT2D eigenvalue weighted by molar-refractivity contribution is 5.85. The van der Waals surface area contributed by atoms with Crippen molar-refractivity contribution < 1.29 is 14.3 Å². The second kappa shape index (κ2) is 4.11. The Labute approximate surface area is 77.4 Å². The minimum atomic E-state index is -1.29. The predicted molar refractivity (Wildman–Crippen MR) is 47.7 cm³/mol. The van der Waals surface area contributed by atoms with Gasteiger partial charge in [-0.15, -0.1) is 0 Å². The highest BCUT2D eigenvalue weighted by Crippen LogP contribution is 2.20. The van der Waals surface area contributed by atoms with E-state index in [1.165, 1.54) is 6.92 Å². The molecule has 0 fully saturated rings. The van der Waals surface area contributed by atoms with E-state index in [0.29, 0.717) is 6.42 Å². The summed E-state index contributed by atoms with van der Waals surface area (Å²) < 4.78 is 4.67. The van der Waals surface area contributed by atoms with Crippen molar-refractivity contribution in [2.75, 3.05) is 0 Å². The Morgan fingerprint density at radius 2 is 1.85 bits per heavy atom. The second-order valence-corrected chi connectivity index (χ2v) is 3.61. The molecule has 0 aliphatic carbocycles. The van der Waals surface area contributed by atoms with Crippen LogP contribution in [0.2, 0.25) is 0 Å². The molecule has 1 atom stereocenters. The third-order valence-electron chi connectivity index (χ3n) is 1.64. The molecule has 0 bridgehead atoms. The largest absolute Gasteiger partial charge is 0.433 e. The monoisotopic (exact) mass is 188 g/mol. The summed E-state index contributed by atoms with van der Waals surface area (Å²) in [6.45, 7) is 5.25. The number of carbonyl (C=O) groups is 2. The third kappa shape index (κ3) is 3.78. The zero-order chi connectivity index (χ0) is 10.6. The topological polar surface area (TPSA) is 95.4 Å². The Morgan fingerprint density at radius 3 is 2.08 bits per heavy atom. The molecule has 4 N–H and O–H groups in total. The minimum Gasteiger partial charge on any atom is -0.433 e. The molecule has 5 nitrogen and oxygen atoms in total. The van der Waals surface area contributed by atoms with E-state index in [1.54, 1.807) is 0 Å². The molecule has 0 heterocycles. The van der Waals surface area contributed by atoms with E-state index in [1.807, 2.05) is 13.8 Å². The van der Waals surface area contributed by atoms with Crippen molar-refractivity contribution in [3.63, 3.8) is 0 Å². The second-order valence-electron chi connectivity index (χ2n) is 3.61. The van der Waals surface area contributed by atoms with Gasteiger partial charge in [-0.3, -0.25) is 4.79 Å². The van der Waals surface area contributed by atoms with Gasteiger partial charge in [0.15, 0.2) is 5.60 Å². The van der Waals surface area contributed by atoms with Gasteiger partial charge < -0.3 is 16.2 Å². The van der Waals surface area contributed by atoms with Crippen molar-refractivity contribution in [2.24, 2.45) is 17.4 Å². The van der Waals surface area contributed by atoms with Gasteiger partial charge in [-0.2, -0.15) is 0 Å². The maximum absolute atomic E-state index is 11.0. The van der Waals surface area contributed by atoms with Gasteiger partial charge in [-0.05, 0) is 19.3 Å². The summed E-state index contributed by atoms with van der Waals surface area (Å²) in [6, 6.07) is 0. The first-order valence-electron chi connectivity index (χ1n) is 4.06. The first kappa shape index (κ1) is 11.7. The first-order valence-corrected chi connectivity index (χ1v) is 4.06. The molecule has 0 aromatic carbocycles. The van der Waals surface area contributed by atoms with Crippen LogP contribution in [0.1, 0.15) is 27.2 Å². The average molecular weight is 188 g/mol. The summed E-state index contributed by atoms with van der Waals surface area (Å²) in [5.41, 5.74) is 8.63. The normalized spacial score (nSPS) is 15.1. The summed E-state index contributed by atoms with van der Waals surface area (Å²) in [6.07, 6.45) is -0.618. The maximum atomic E-state index is 11.0. The third-order valence-corrected chi connectivity index (χ3v) is 1.64. The molecule has 2 amide bonds. The molecule has 76 valence electrons. The van der Waals surface area contributed by atoms with Crippen LogP contribution in [0.5, 0.6) is 0 Å². The molecule has 1 unspecified atom stereocenters. The van der Waals surface area contributed by atoms with Crippen LogP contribution in [0.15, 0.2) is 0 Å². The van der Waals surface area contributed by atoms with Crippen molar-refractivity contribution in [3.05, 3.63) is 0 Å². The van der Waals surface area contributed by atoms with Crippen molar-refractivity contribution >= 4 is 12.0 Å². The lowest BCUT2D eigenvalue weighted by atomic mass is 9.93. The fourth-order valence-electron chi connectivity index (χ4n) is 1.19. The molecule has 13 heavy (non-hydrogen) atoms. The van der Waals surface area contributed by atoms with Crippen LogP contribution >= 0.6 is 0 Å². The molecule has 5 heteroatoms. The lowest BCUT2D eigenvalue weighted by Gasteiger charge is -2.26. The number of amides is 2. The molecular weight excluding hydrogens is 172 g/mol. The number of rotatable bonds is 4.